The Morgan fingerprint density at radius 3 is 1.56 bits per heavy atom. The second-order valence-corrected chi connectivity index (χ2v) is 12.5. The van der Waals surface area contributed by atoms with Crippen LogP contribution in [-0.2, 0) is 0 Å². The molecule has 0 unspecified atom stereocenters. The second-order valence-electron chi connectivity index (χ2n) is 12.5. The average molecular weight is 638 g/mol. The van der Waals surface area contributed by atoms with Crippen molar-refractivity contribution in [2.45, 2.75) is 0 Å². The van der Waals surface area contributed by atoms with E-state index in [0.29, 0.717) is 5.82 Å². The van der Waals surface area contributed by atoms with Gasteiger partial charge in [0.1, 0.15) is 0 Å². The molecule has 0 saturated carbocycles. The SMILES string of the molecule is c1ccc(-c2cc(-c3ccccc3)nc(-c3ccc(-c4cccc5cc(-c6ccc(-c7cnc8ccccc8c7)cc6)ccc45)cc3)n2)cc1. The van der Waals surface area contributed by atoms with E-state index in [0.717, 1.165) is 55.7 Å². The molecular formula is C47H31N3. The molecule has 0 spiro atoms. The minimum absolute atomic E-state index is 0.710. The number of rotatable bonds is 6. The van der Waals surface area contributed by atoms with Crippen molar-refractivity contribution in [1.82, 2.24) is 15.0 Å². The summed E-state index contributed by atoms with van der Waals surface area (Å²) in [5, 5.41) is 3.58. The molecule has 9 aromatic rings. The van der Waals surface area contributed by atoms with E-state index in [1.54, 1.807) is 0 Å². The Labute approximate surface area is 291 Å². The number of benzene rings is 7. The van der Waals surface area contributed by atoms with Crippen LogP contribution in [0.25, 0.3) is 89.0 Å². The van der Waals surface area contributed by atoms with Crippen LogP contribution in [0, 0.1) is 0 Å². The second kappa shape index (κ2) is 12.7. The molecular weight excluding hydrogens is 607 g/mol. The van der Waals surface area contributed by atoms with Crippen molar-refractivity contribution in [3.63, 3.8) is 0 Å². The van der Waals surface area contributed by atoms with E-state index in [2.05, 4.69) is 138 Å². The molecule has 0 aliphatic heterocycles. The first-order valence-electron chi connectivity index (χ1n) is 16.8. The van der Waals surface area contributed by atoms with Crippen LogP contribution >= 0.6 is 0 Å². The predicted molar refractivity (Wildman–Crippen MR) is 207 cm³/mol. The predicted octanol–water partition coefficient (Wildman–Crippen LogP) is 12.2. The van der Waals surface area contributed by atoms with Crippen molar-refractivity contribution in [3.8, 4) is 67.3 Å². The van der Waals surface area contributed by atoms with E-state index >= 15 is 0 Å². The van der Waals surface area contributed by atoms with Gasteiger partial charge in [-0.05, 0) is 62.9 Å². The van der Waals surface area contributed by atoms with Crippen molar-refractivity contribution in [2.24, 2.45) is 0 Å². The van der Waals surface area contributed by atoms with Crippen LogP contribution < -0.4 is 0 Å². The van der Waals surface area contributed by atoms with Crippen LogP contribution in [0.15, 0.2) is 188 Å². The summed E-state index contributed by atoms with van der Waals surface area (Å²) in [6.45, 7) is 0. The third kappa shape index (κ3) is 5.72. The van der Waals surface area contributed by atoms with Gasteiger partial charge in [0.05, 0.1) is 16.9 Å². The lowest BCUT2D eigenvalue weighted by atomic mass is 9.94. The van der Waals surface area contributed by atoms with Crippen molar-refractivity contribution in [2.75, 3.05) is 0 Å². The minimum Gasteiger partial charge on any atom is -0.256 e. The fourth-order valence-corrected chi connectivity index (χ4v) is 6.69. The van der Waals surface area contributed by atoms with Gasteiger partial charge in [-0.25, -0.2) is 9.97 Å². The van der Waals surface area contributed by atoms with Gasteiger partial charge in [0.2, 0.25) is 0 Å². The van der Waals surface area contributed by atoms with E-state index in [9.17, 15) is 0 Å². The molecule has 0 radical (unpaired) electrons. The first-order valence-corrected chi connectivity index (χ1v) is 16.8. The molecule has 3 heteroatoms. The largest absolute Gasteiger partial charge is 0.256 e. The van der Waals surface area contributed by atoms with Crippen LogP contribution in [0.1, 0.15) is 0 Å². The van der Waals surface area contributed by atoms with E-state index in [4.69, 9.17) is 9.97 Å². The summed E-state index contributed by atoms with van der Waals surface area (Å²) in [7, 11) is 0. The summed E-state index contributed by atoms with van der Waals surface area (Å²) in [4.78, 5) is 14.7. The number of fused-ring (bicyclic) bond motifs is 2. The van der Waals surface area contributed by atoms with Crippen LogP contribution in [0.2, 0.25) is 0 Å². The number of pyridine rings is 1. The fraction of sp³-hybridized carbons (Fsp3) is 0. The van der Waals surface area contributed by atoms with Gasteiger partial charge >= 0.3 is 0 Å². The minimum atomic E-state index is 0.710. The lowest BCUT2D eigenvalue weighted by molar-refractivity contribution is 1.18. The lowest BCUT2D eigenvalue weighted by Crippen LogP contribution is -1.96. The van der Waals surface area contributed by atoms with Gasteiger partial charge in [0, 0.05) is 33.8 Å². The average Bonchev–Trinajstić information content (AvgIpc) is 3.21. The summed E-state index contributed by atoms with van der Waals surface area (Å²) >= 11 is 0. The molecule has 9 rings (SSSR count). The van der Waals surface area contributed by atoms with Crippen molar-refractivity contribution in [1.29, 1.82) is 0 Å². The highest BCUT2D eigenvalue weighted by molar-refractivity contribution is 5.99. The topological polar surface area (TPSA) is 38.7 Å². The standard InChI is InChI=1S/C47H31N3/c1-3-10-35(11-4-1)45-30-46(36-12-5-2-6-13-36)50-47(49-45)37-24-22-34(23-25-37)42-16-9-15-39-28-38(26-27-43(39)42)32-18-20-33(21-19-32)41-29-40-14-7-8-17-44(40)48-31-41/h1-31H. The smallest absolute Gasteiger partial charge is 0.160 e. The highest BCUT2D eigenvalue weighted by Gasteiger charge is 2.12. The zero-order chi connectivity index (χ0) is 33.3. The van der Waals surface area contributed by atoms with E-state index in [1.165, 1.54) is 27.5 Å². The number of hydrogen-bond acceptors (Lipinski definition) is 3. The van der Waals surface area contributed by atoms with Gasteiger partial charge < -0.3 is 0 Å². The lowest BCUT2D eigenvalue weighted by Gasteiger charge is -2.12. The number of nitrogens with zero attached hydrogens (tertiary/aromatic N) is 3. The quantitative estimate of drug-likeness (QED) is 0.182. The van der Waals surface area contributed by atoms with Gasteiger partial charge in [-0.2, -0.15) is 0 Å². The molecule has 2 aromatic heterocycles. The number of aromatic nitrogens is 3. The molecule has 0 aliphatic rings. The molecule has 0 saturated heterocycles. The molecule has 0 aliphatic carbocycles. The van der Waals surface area contributed by atoms with Crippen LogP contribution in [0.4, 0.5) is 0 Å². The summed E-state index contributed by atoms with van der Waals surface area (Å²) in [5.74, 6) is 0.710. The molecule has 7 aromatic carbocycles. The van der Waals surface area contributed by atoms with Crippen LogP contribution in [0.5, 0.6) is 0 Å². The summed E-state index contributed by atoms with van der Waals surface area (Å²) in [5.41, 5.74) is 13.0. The van der Waals surface area contributed by atoms with Gasteiger partial charge in [-0.1, -0.05) is 158 Å². The highest BCUT2D eigenvalue weighted by Crippen LogP contribution is 2.34. The maximum absolute atomic E-state index is 5.01. The van der Waals surface area contributed by atoms with E-state index < -0.39 is 0 Å². The van der Waals surface area contributed by atoms with Crippen LogP contribution in [-0.4, -0.2) is 15.0 Å². The Balaban J connectivity index is 1.02. The van der Waals surface area contributed by atoms with Crippen molar-refractivity contribution < 1.29 is 0 Å². The zero-order valence-electron chi connectivity index (χ0n) is 27.2. The van der Waals surface area contributed by atoms with Crippen molar-refractivity contribution in [3.05, 3.63) is 188 Å². The molecule has 50 heavy (non-hydrogen) atoms. The Morgan fingerprint density at radius 1 is 0.320 bits per heavy atom. The van der Waals surface area contributed by atoms with E-state index in [1.807, 2.05) is 54.7 Å². The first-order chi connectivity index (χ1) is 24.7. The zero-order valence-corrected chi connectivity index (χ0v) is 27.2. The summed E-state index contributed by atoms with van der Waals surface area (Å²) < 4.78 is 0. The van der Waals surface area contributed by atoms with Gasteiger partial charge in [0.15, 0.2) is 5.82 Å². The molecule has 0 bridgehead atoms. The summed E-state index contributed by atoms with van der Waals surface area (Å²) in [6.07, 6.45) is 1.96. The Bertz CT molecular complexity index is 2550. The van der Waals surface area contributed by atoms with E-state index in [-0.39, 0.29) is 0 Å². The van der Waals surface area contributed by atoms with Crippen molar-refractivity contribution >= 4 is 21.7 Å². The number of hydrogen-bond donors (Lipinski definition) is 0. The van der Waals surface area contributed by atoms with Gasteiger partial charge in [-0.3, -0.25) is 4.98 Å². The normalized spacial score (nSPS) is 11.2. The van der Waals surface area contributed by atoms with Gasteiger partial charge in [-0.15, -0.1) is 0 Å². The van der Waals surface area contributed by atoms with Crippen LogP contribution in [0.3, 0.4) is 0 Å². The monoisotopic (exact) mass is 637 g/mol. The molecule has 0 amide bonds. The molecule has 2 heterocycles. The maximum Gasteiger partial charge on any atom is 0.160 e. The molecule has 0 fully saturated rings. The third-order valence-electron chi connectivity index (χ3n) is 9.34. The fourth-order valence-electron chi connectivity index (χ4n) is 6.69. The summed E-state index contributed by atoms with van der Waals surface area (Å²) in [6, 6.07) is 63.8. The molecule has 3 nitrogen and oxygen atoms in total. The first kappa shape index (κ1) is 29.4. The maximum atomic E-state index is 5.01. The van der Waals surface area contributed by atoms with Gasteiger partial charge in [0.25, 0.3) is 0 Å². The Hall–Kier alpha value is -6.71. The number of para-hydroxylation sites is 1. The molecule has 0 N–H and O–H groups in total. The Kier molecular flexibility index (Phi) is 7.49. The Morgan fingerprint density at radius 2 is 0.860 bits per heavy atom. The third-order valence-corrected chi connectivity index (χ3v) is 9.34. The highest BCUT2D eigenvalue weighted by atomic mass is 14.9. The molecule has 234 valence electrons. The molecule has 0 atom stereocenters.